The third-order valence-electron chi connectivity index (χ3n) is 5.95. The molecule has 0 radical (unpaired) electrons. The van der Waals surface area contributed by atoms with Gasteiger partial charge in [0.05, 0.1) is 22.2 Å². The summed E-state index contributed by atoms with van der Waals surface area (Å²) in [5, 5.41) is 6.07. The molecule has 5 nitrogen and oxygen atoms in total. The number of nitrogens with one attached hydrogen (secondary N) is 1. The molecule has 2 unspecified atom stereocenters. The molecule has 2 aromatic rings. The van der Waals surface area contributed by atoms with Crippen LogP contribution in [0.5, 0.6) is 0 Å². The molecule has 0 amide bonds. The van der Waals surface area contributed by atoms with Gasteiger partial charge in [0.1, 0.15) is 6.61 Å². The van der Waals surface area contributed by atoms with Crippen molar-refractivity contribution in [2.24, 2.45) is 0 Å². The number of carbonyl (C=O) groups is 2. The molecule has 1 aliphatic carbocycles. The van der Waals surface area contributed by atoms with Crippen LogP contribution in [0.15, 0.2) is 58.3 Å². The molecule has 1 aromatic heterocycles. The molecule has 0 spiro atoms. The lowest BCUT2D eigenvalue weighted by Gasteiger charge is -2.36. The van der Waals surface area contributed by atoms with Gasteiger partial charge in [-0.3, -0.25) is 4.79 Å². The number of thiophene rings is 1. The standard InChI is InChI=1S/C25H25Cl2NO4S/c1-3-31-9-10-32-25(30)21-14(2)28-18-12-15(20-8-5-11-33-20)13-19(29)23(18)22(21)16-6-4-7-17(26)24(16)27/h4-8,11,15,22,28H,3,9-10,12-13H2,1-2H3. The maximum Gasteiger partial charge on any atom is 0.336 e. The second kappa shape index (κ2) is 10.4. The normalized spacial score (nSPS) is 20.5. The van der Waals surface area contributed by atoms with E-state index in [1.165, 1.54) is 4.88 Å². The number of dihydropyridines is 1. The largest absolute Gasteiger partial charge is 0.460 e. The molecule has 1 N–H and O–H groups in total. The van der Waals surface area contributed by atoms with Gasteiger partial charge in [0.2, 0.25) is 0 Å². The summed E-state index contributed by atoms with van der Waals surface area (Å²) in [6.45, 7) is 4.67. The Morgan fingerprint density at radius 3 is 2.73 bits per heavy atom. The van der Waals surface area contributed by atoms with Crippen molar-refractivity contribution in [3.8, 4) is 0 Å². The minimum Gasteiger partial charge on any atom is -0.460 e. The van der Waals surface area contributed by atoms with Crippen molar-refractivity contribution in [3.05, 3.63) is 78.7 Å². The molecule has 2 atom stereocenters. The molecule has 2 aliphatic rings. The highest BCUT2D eigenvalue weighted by molar-refractivity contribution is 7.10. The number of allylic oxidation sites excluding steroid dienone is 3. The maximum absolute atomic E-state index is 13.5. The molecule has 0 saturated carbocycles. The average Bonchev–Trinajstić information content (AvgIpc) is 3.32. The lowest BCUT2D eigenvalue weighted by molar-refractivity contribution is -0.140. The van der Waals surface area contributed by atoms with E-state index in [0.29, 0.717) is 58.5 Å². The van der Waals surface area contributed by atoms with Crippen LogP contribution in [0.25, 0.3) is 0 Å². The molecule has 2 heterocycles. The first-order valence-corrected chi connectivity index (χ1v) is 12.5. The second-order valence-electron chi connectivity index (χ2n) is 8.01. The van der Waals surface area contributed by atoms with Crippen LogP contribution >= 0.6 is 34.5 Å². The third-order valence-corrected chi connectivity index (χ3v) is 7.82. The van der Waals surface area contributed by atoms with Gasteiger partial charge in [0.15, 0.2) is 5.78 Å². The Balaban J connectivity index is 1.76. The van der Waals surface area contributed by atoms with Crippen molar-refractivity contribution in [3.63, 3.8) is 0 Å². The van der Waals surface area contributed by atoms with Crippen molar-refractivity contribution in [2.75, 3.05) is 19.8 Å². The summed E-state index contributed by atoms with van der Waals surface area (Å²) in [5.41, 5.74) is 3.04. The van der Waals surface area contributed by atoms with E-state index in [4.69, 9.17) is 32.7 Å². The van der Waals surface area contributed by atoms with Gasteiger partial charge in [0.25, 0.3) is 0 Å². The fourth-order valence-electron chi connectivity index (χ4n) is 4.50. The predicted molar refractivity (Wildman–Crippen MR) is 131 cm³/mol. The zero-order valence-corrected chi connectivity index (χ0v) is 20.8. The van der Waals surface area contributed by atoms with E-state index in [-0.39, 0.29) is 18.3 Å². The molecule has 1 aromatic carbocycles. The molecule has 0 saturated heterocycles. The van der Waals surface area contributed by atoms with Crippen LogP contribution in [-0.2, 0) is 19.1 Å². The van der Waals surface area contributed by atoms with Crippen LogP contribution in [-0.4, -0.2) is 31.6 Å². The van der Waals surface area contributed by atoms with Gasteiger partial charge >= 0.3 is 5.97 Å². The number of ketones is 1. The van der Waals surface area contributed by atoms with Crippen LogP contribution in [0.2, 0.25) is 10.0 Å². The molecule has 33 heavy (non-hydrogen) atoms. The van der Waals surface area contributed by atoms with E-state index in [1.54, 1.807) is 23.5 Å². The SMILES string of the molecule is CCOCCOC(=O)C1=C(C)NC2=C(C(=O)CC(c3cccs3)C2)C1c1cccc(Cl)c1Cl. The predicted octanol–water partition coefficient (Wildman–Crippen LogP) is 6.00. The van der Waals surface area contributed by atoms with E-state index in [9.17, 15) is 9.59 Å². The quantitative estimate of drug-likeness (QED) is 0.369. The summed E-state index contributed by atoms with van der Waals surface area (Å²) >= 11 is 14.6. The highest BCUT2D eigenvalue weighted by Crippen LogP contribution is 2.48. The summed E-state index contributed by atoms with van der Waals surface area (Å²) in [4.78, 5) is 27.9. The topological polar surface area (TPSA) is 64.6 Å². The molecule has 1 aliphatic heterocycles. The summed E-state index contributed by atoms with van der Waals surface area (Å²) in [7, 11) is 0. The smallest absolute Gasteiger partial charge is 0.336 e. The van der Waals surface area contributed by atoms with Crippen molar-refractivity contribution in [1.29, 1.82) is 0 Å². The molecule has 0 bridgehead atoms. The minimum absolute atomic E-state index is 0.00434. The number of rotatable bonds is 7. The van der Waals surface area contributed by atoms with Crippen LogP contribution in [0.4, 0.5) is 0 Å². The fraction of sp³-hybridized carbons (Fsp3) is 0.360. The first kappa shape index (κ1) is 24.0. The third kappa shape index (κ3) is 4.90. The van der Waals surface area contributed by atoms with Gasteiger partial charge in [-0.05, 0) is 43.3 Å². The summed E-state index contributed by atoms with van der Waals surface area (Å²) < 4.78 is 10.8. The molecule has 0 fully saturated rings. The van der Waals surface area contributed by atoms with Gasteiger partial charge in [0, 0.05) is 46.7 Å². The lowest BCUT2D eigenvalue weighted by Crippen LogP contribution is -2.36. The van der Waals surface area contributed by atoms with Crippen LogP contribution < -0.4 is 5.32 Å². The number of carbonyl (C=O) groups excluding carboxylic acids is 2. The van der Waals surface area contributed by atoms with E-state index >= 15 is 0 Å². The Kier molecular flexibility index (Phi) is 7.59. The lowest BCUT2D eigenvalue weighted by atomic mass is 9.72. The number of hydrogen-bond donors (Lipinski definition) is 1. The summed E-state index contributed by atoms with van der Waals surface area (Å²) in [6.07, 6.45) is 1.06. The van der Waals surface area contributed by atoms with Gasteiger partial charge in [-0.1, -0.05) is 41.4 Å². The average molecular weight is 506 g/mol. The maximum atomic E-state index is 13.5. The minimum atomic E-state index is -0.649. The van der Waals surface area contributed by atoms with Crippen LogP contribution in [0.1, 0.15) is 49.0 Å². The molecular weight excluding hydrogens is 481 g/mol. The summed E-state index contributed by atoms with van der Waals surface area (Å²) in [6, 6.07) is 9.34. The Morgan fingerprint density at radius 2 is 2.00 bits per heavy atom. The number of esters is 1. The van der Waals surface area contributed by atoms with Gasteiger partial charge in [-0.15, -0.1) is 11.3 Å². The van der Waals surface area contributed by atoms with Gasteiger partial charge < -0.3 is 14.8 Å². The Bertz CT molecular complexity index is 1120. The molecule has 174 valence electrons. The van der Waals surface area contributed by atoms with E-state index < -0.39 is 11.9 Å². The van der Waals surface area contributed by atoms with Crippen molar-refractivity contribution < 1.29 is 19.1 Å². The monoisotopic (exact) mass is 505 g/mol. The number of hydrogen-bond acceptors (Lipinski definition) is 6. The van der Waals surface area contributed by atoms with E-state index in [1.807, 2.05) is 31.4 Å². The Labute approximate surface area is 207 Å². The van der Waals surface area contributed by atoms with Crippen LogP contribution in [0, 0.1) is 0 Å². The van der Waals surface area contributed by atoms with E-state index in [2.05, 4.69) is 11.4 Å². The number of halogens is 2. The van der Waals surface area contributed by atoms with Gasteiger partial charge in [-0.25, -0.2) is 4.79 Å². The van der Waals surface area contributed by atoms with Crippen molar-refractivity contribution >= 4 is 46.3 Å². The molecular formula is C25H25Cl2NO4S. The summed E-state index contributed by atoms with van der Waals surface area (Å²) in [5.74, 6) is -1.05. The Hall–Kier alpha value is -2.12. The highest BCUT2D eigenvalue weighted by Gasteiger charge is 2.42. The first-order chi connectivity index (χ1) is 15.9. The zero-order chi connectivity index (χ0) is 23.5. The molecule has 8 heteroatoms. The zero-order valence-electron chi connectivity index (χ0n) is 18.5. The number of benzene rings is 1. The van der Waals surface area contributed by atoms with Crippen LogP contribution in [0.3, 0.4) is 0 Å². The number of ether oxygens (including phenoxy) is 2. The van der Waals surface area contributed by atoms with E-state index in [0.717, 1.165) is 5.70 Å². The van der Waals surface area contributed by atoms with Crippen molar-refractivity contribution in [2.45, 2.75) is 38.5 Å². The van der Waals surface area contributed by atoms with Crippen molar-refractivity contribution in [1.82, 2.24) is 5.32 Å². The Morgan fingerprint density at radius 1 is 1.18 bits per heavy atom. The number of Topliss-reactive ketones (excluding diaryl/α,β-unsaturated/α-hetero) is 1. The molecule has 4 rings (SSSR count). The van der Waals surface area contributed by atoms with Gasteiger partial charge in [-0.2, -0.15) is 0 Å². The highest BCUT2D eigenvalue weighted by atomic mass is 35.5. The fourth-order valence-corrected chi connectivity index (χ4v) is 5.75. The second-order valence-corrected chi connectivity index (χ2v) is 9.77. The first-order valence-electron chi connectivity index (χ1n) is 10.9.